The van der Waals surface area contributed by atoms with Crippen molar-refractivity contribution in [3.8, 4) is 0 Å². The summed E-state index contributed by atoms with van der Waals surface area (Å²) in [4.78, 5) is 13.5. The molecule has 0 heterocycles. The fourth-order valence-corrected chi connectivity index (χ4v) is 2.53. The summed E-state index contributed by atoms with van der Waals surface area (Å²) in [7, 11) is 0.149. The molecule has 1 unspecified atom stereocenters. The molecule has 0 aliphatic heterocycles. The minimum absolute atomic E-state index is 0.320. The Labute approximate surface area is 101 Å². The van der Waals surface area contributed by atoms with Crippen LogP contribution in [0.3, 0.4) is 0 Å². The molecule has 0 saturated heterocycles. The summed E-state index contributed by atoms with van der Waals surface area (Å²) in [6.45, 7) is 1.89. The van der Waals surface area contributed by atoms with E-state index in [0.717, 1.165) is 0 Å². The van der Waals surface area contributed by atoms with Crippen LogP contribution in [0.25, 0.3) is 0 Å². The Morgan fingerprint density at radius 1 is 1.06 bits per heavy atom. The molecule has 0 amide bonds. The van der Waals surface area contributed by atoms with Gasteiger partial charge in [0.25, 0.3) is 0 Å². The second-order valence-corrected chi connectivity index (χ2v) is 4.57. The Balaban J connectivity index is 4.65. The lowest BCUT2D eigenvalue weighted by Crippen LogP contribution is -2.51. The number of nitrogens with one attached hydrogen (secondary N) is 1. The van der Waals surface area contributed by atoms with Gasteiger partial charge in [-0.05, 0) is 12.6 Å². The van der Waals surface area contributed by atoms with Gasteiger partial charge in [0.15, 0.2) is 0 Å². The van der Waals surface area contributed by atoms with Crippen LogP contribution >= 0.6 is 0 Å². The van der Waals surface area contributed by atoms with Crippen LogP contribution < -0.4 is 0 Å². The average Bonchev–Trinajstić information content (AvgIpc) is 2.29. The fraction of sp³-hybridized carbons (Fsp3) is 0.875. The maximum Gasteiger partial charge on any atom is 0.764 e. The van der Waals surface area contributed by atoms with Crippen molar-refractivity contribution in [3.63, 3.8) is 0 Å². The molecule has 0 aliphatic rings. The molecule has 0 aliphatic carbocycles. The van der Waals surface area contributed by atoms with Crippen molar-refractivity contribution >= 4 is 15.3 Å². The molecule has 0 fully saturated rings. The summed E-state index contributed by atoms with van der Waals surface area (Å²) in [6.07, 6.45) is 1.93. The van der Waals surface area contributed by atoms with E-state index in [2.05, 4.69) is 14.7 Å². The summed E-state index contributed by atoms with van der Waals surface area (Å²) >= 11 is 0. The van der Waals surface area contributed by atoms with E-state index >= 15 is 0 Å². The Morgan fingerprint density at radius 2 is 1.53 bits per heavy atom. The Hall–Kier alpha value is -0.393. The lowest BCUT2D eigenvalue weighted by molar-refractivity contribution is -0.373. The van der Waals surface area contributed by atoms with Gasteiger partial charge in [-0.15, -0.1) is 0 Å². The van der Waals surface area contributed by atoms with Gasteiger partial charge in [0, 0.05) is 6.42 Å². The normalized spacial score (nSPS) is 13.6. The minimum Gasteiger partial charge on any atom is -0.344 e. The first-order valence-electron chi connectivity index (χ1n) is 5.00. The lowest BCUT2D eigenvalue weighted by atomic mass is 10.2. The highest BCUT2D eigenvalue weighted by Crippen LogP contribution is 2.18. The molecule has 0 aromatic carbocycles. The molecule has 0 radical (unpaired) electrons. The highest BCUT2D eigenvalue weighted by molar-refractivity contribution is 6.52. The third-order valence-corrected chi connectivity index (χ3v) is 3.44. The standard InChI is InChI=1S/C8H19NO7Si/c1-5-8(6-7-9)13-17(14-10-2,15-11-3)16-12-4/h7-9H,5-6H2,1-4H3. The quantitative estimate of drug-likeness (QED) is 0.259. The number of hydrogen-bond acceptors (Lipinski definition) is 8. The predicted octanol–water partition coefficient (Wildman–Crippen LogP) is 0.991. The SMILES string of the molecule is CCC(CC=N)O[Si](OOC)(OOC)OOC. The van der Waals surface area contributed by atoms with Crippen LogP contribution in [0.5, 0.6) is 0 Å². The van der Waals surface area contributed by atoms with Crippen LogP contribution in [0.15, 0.2) is 0 Å². The van der Waals surface area contributed by atoms with E-state index in [1.165, 1.54) is 27.5 Å². The molecule has 17 heavy (non-hydrogen) atoms. The van der Waals surface area contributed by atoms with Gasteiger partial charge in [-0.25, -0.2) is 14.7 Å². The van der Waals surface area contributed by atoms with Crippen molar-refractivity contribution in [2.45, 2.75) is 25.9 Å². The van der Waals surface area contributed by atoms with Gasteiger partial charge >= 0.3 is 9.05 Å². The van der Waals surface area contributed by atoms with Gasteiger partial charge in [-0.1, -0.05) is 6.92 Å². The van der Waals surface area contributed by atoms with Crippen LogP contribution in [0.4, 0.5) is 0 Å². The van der Waals surface area contributed by atoms with Crippen molar-refractivity contribution in [1.29, 1.82) is 5.41 Å². The predicted molar refractivity (Wildman–Crippen MR) is 58.6 cm³/mol. The molecule has 0 spiro atoms. The van der Waals surface area contributed by atoms with E-state index in [4.69, 9.17) is 23.6 Å². The van der Waals surface area contributed by atoms with E-state index in [1.54, 1.807) is 0 Å². The van der Waals surface area contributed by atoms with Gasteiger partial charge in [0.05, 0.1) is 27.4 Å². The van der Waals surface area contributed by atoms with Gasteiger partial charge in [0.1, 0.15) is 0 Å². The van der Waals surface area contributed by atoms with Crippen LogP contribution in [0.2, 0.25) is 0 Å². The van der Waals surface area contributed by atoms with Crippen molar-refractivity contribution in [3.05, 3.63) is 0 Å². The first-order chi connectivity index (χ1) is 8.17. The average molecular weight is 269 g/mol. The molecule has 0 aromatic rings. The molecule has 102 valence electrons. The fourth-order valence-electron chi connectivity index (χ4n) is 1.04. The smallest absolute Gasteiger partial charge is 0.344 e. The molecule has 0 aromatic heterocycles. The molecule has 1 atom stereocenters. The van der Waals surface area contributed by atoms with Crippen molar-refractivity contribution in [1.82, 2.24) is 0 Å². The summed E-state index contributed by atoms with van der Waals surface area (Å²) in [5, 5.41) is 7.04. The van der Waals surface area contributed by atoms with Gasteiger partial charge in [0.2, 0.25) is 0 Å². The Morgan fingerprint density at radius 3 is 1.82 bits per heavy atom. The minimum atomic E-state index is -3.69. The summed E-state index contributed by atoms with van der Waals surface area (Å²) < 4.78 is 20.0. The maximum absolute atomic E-state index is 7.04. The molecule has 1 N–H and O–H groups in total. The third kappa shape index (κ3) is 6.19. The summed E-state index contributed by atoms with van der Waals surface area (Å²) in [5.41, 5.74) is 0. The molecule has 0 rings (SSSR count). The number of rotatable bonds is 11. The maximum atomic E-state index is 7.04. The second kappa shape index (κ2) is 9.62. The topological polar surface area (TPSA) is 88.5 Å². The highest BCUT2D eigenvalue weighted by atomic mass is 28.4. The third-order valence-electron chi connectivity index (χ3n) is 1.70. The van der Waals surface area contributed by atoms with E-state index in [9.17, 15) is 0 Å². The first kappa shape index (κ1) is 16.6. The van der Waals surface area contributed by atoms with Gasteiger partial charge in [-0.2, -0.15) is 13.7 Å². The Kier molecular flexibility index (Phi) is 9.40. The molecule has 0 bridgehead atoms. The zero-order valence-corrected chi connectivity index (χ0v) is 11.4. The van der Waals surface area contributed by atoms with Crippen molar-refractivity contribution < 1.29 is 32.8 Å². The van der Waals surface area contributed by atoms with E-state index in [1.807, 2.05) is 6.92 Å². The lowest BCUT2D eigenvalue weighted by Gasteiger charge is -2.26. The summed E-state index contributed by atoms with van der Waals surface area (Å²) in [5.74, 6) is 0. The van der Waals surface area contributed by atoms with Crippen LogP contribution in [-0.4, -0.2) is 42.7 Å². The van der Waals surface area contributed by atoms with E-state index in [-0.39, 0.29) is 6.10 Å². The highest BCUT2D eigenvalue weighted by Gasteiger charge is 2.53. The molecule has 0 saturated carbocycles. The van der Waals surface area contributed by atoms with Crippen LogP contribution in [0.1, 0.15) is 19.8 Å². The number of hydrogen-bond donors (Lipinski definition) is 1. The van der Waals surface area contributed by atoms with Gasteiger partial charge < -0.3 is 9.84 Å². The second-order valence-electron chi connectivity index (χ2n) is 2.84. The summed E-state index contributed by atoms with van der Waals surface area (Å²) in [6, 6.07) is 0. The Bertz CT molecular complexity index is 189. The van der Waals surface area contributed by atoms with Gasteiger partial charge in [-0.3, -0.25) is 0 Å². The van der Waals surface area contributed by atoms with Crippen LogP contribution in [-0.2, 0) is 32.8 Å². The molecule has 9 heteroatoms. The van der Waals surface area contributed by atoms with E-state index < -0.39 is 9.05 Å². The molecular formula is C8H19NO7Si. The van der Waals surface area contributed by atoms with Crippen LogP contribution in [0, 0.1) is 5.41 Å². The zero-order valence-electron chi connectivity index (χ0n) is 10.4. The molecule has 8 nitrogen and oxygen atoms in total. The molecular weight excluding hydrogens is 250 g/mol. The zero-order chi connectivity index (χ0) is 13.1. The first-order valence-corrected chi connectivity index (χ1v) is 6.63. The largest absolute Gasteiger partial charge is 0.764 e. The van der Waals surface area contributed by atoms with Crippen molar-refractivity contribution in [2.24, 2.45) is 0 Å². The monoisotopic (exact) mass is 269 g/mol. The van der Waals surface area contributed by atoms with Crippen molar-refractivity contribution in [2.75, 3.05) is 21.3 Å². The van der Waals surface area contributed by atoms with E-state index in [0.29, 0.717) is 12.8 Å².